The molecule has 0 aromatic heterocycles. The normalized spacial score (nSPS) is 10.9. The molecule has 2 N–H and O–H groups in total. The highest BCUT2D eigenvalue weighted by molar-refractivity contribution is 7.92. The van der Waals surface area contributed by atoms with Gasteiger partial charge in [0.05, 0.1) is 11.8 Å². The summed E-state index contributed by atoms with van der Waals surface area (Å²) < 4.78 is 30.7. The number of carbonyl (C=O) groups is 1. The van der Waals surface area contributed by atoms with Crippen molar-refractivity contribution in [3.05, 3.63) is 84.4 Å². The van der Waals surface area contributed by atoms with Crippen LogP contribution >= 0.6 is 0 Å². The molecule has 0 saturated carbocycles. The van der Waals surface area contributed by atoms with Gasteiger partial charge in [0.1, 0.15) is 11.5 Å². The summed E-state index contributed by atoms with van der Waals surface area (Å²) in [6, 6.07) is 22.5. The largest absolute Gasteiger partial charge is 0.457 e. The third-order valence-corrected chi connectivity index (χ3v) is 4.16. The first-order valence-electron chi connectivity index (χ1n) is 8.12. The molecule has 3 aromatic carbocycles. The Morgan fingerprint density at radius 1 is 0.815 bits per heavy atom. The lowest BCUT2D eigenvalue weighted by atomic mass is 10.1. The third kappa shape index (κ3) is 5.32. The summed E-state index contributed by atoms with van der Waals surface area (Å²) in [4.78, 5) is 12.6. The van der Waals surface area contributed by atoms with E-state index in [4.69, 9.17) is 4.74 Å². The Bertz CT molecular complexity index is 1030. The predicted molar refractivity (Wildman–Crippen MR) is 106 cm³/mol. The average molecular weight is 382 g/mol. The van der Waals surface area contributed by atoms with E-state index < -0.39 is 10.0 Å². The van der Waals surface area contributed by atoms with Gasteiger partial charge in [-0.1, -0.05) is 30.3 Å². The highest BCUT2D eigenvalue weighted by atomic mass is 32.2. The van der Waals surface area contributed by atoms with E-state index in [9.17, 15) is 13.2 Å². The molecule has 0 aliphatic heterocycles. The molecule has 3 rings (SSSR count). The van der Waals surface area contributed by atoms with Gasteiger partial charge in [-0.3, -0.25) is 9.52 Å². The van der Waals surface area contributed by atoms with Gasteiger partial charge < -0.3 is 10.1 Å². The van der Waals surface area contributed by atoms with Gasteiger partial charge in [-0.05, 0) is 48.5 Å². The zero-order valence-corrected chi connectivity index (χ0v) is 15.4. The third-order valence-electron chi connectivity index (χ3n) is 3.55. The van der Waals surface area contributed by atoms with Crippen molar-refractivity contribution in [3.63, 3.8) is 0 Å². The van der Waals surface area contributed by atoms with E-state index in [2.05, 4.69) is 10.0 Å². The van der Waals surface area contributed by atoms with Crippen molar-refractivity contribution in [3.8, 4) is 11.5 Å². The van der Waals surface area contributed by atoms with Crippen LogP contribution in [0.15, 0.2) is 78.9 Å². The Hall–Kier alpha value is -3.32. The molecule has 0 saturated heterocycles. The topological polar surface area (TPSA) is 84.5 Å². The van der Waals surface area contributed by atoms with E-state index in [1.807, 2.05) is 30.3 Å². The van der Waals surface area contributed by atoms with E-state index in [0.717, 1.165) is 6.26 Å². The Kier molecular flexibility index (Phi) is 5.42. The maximum absolute atomic E-state index is 12.6. The van der Waals surface area contributed by atoms with Crippen molar-refractivity contribution in [2.24, 2.45) is 0 Å². The van der Waals surface area contributed by atoms with E-state index in [0.29, 0.717) is 28.4 Å². The van der Waals surface area contributed by atoms with Crippen LogP contribution in [0.2, 0.25) is 0 Å². The van der Waals surface area contributed by atoms with Gasteiger partial charge in [-0.25, -0.2) is 8.42 Å². The van der Waals surface area contributed by atoms with Crippen LogP contribution in [0.5, 0.6) is 11.5 Å². The molecule has 138 valence electrons. The molecule has 0 aliphatic rings. The van der Waals surface area contributed by atoms with Gasteiger partial charge in [0.2, 0.25) is 10.0 Å². The molecule has 0 fully saturated rings. The van der Waals surface area contributed by atoms with Gasteiger partial charge >= 0.3 is 0 Å². The smallest absolute Gasteiger partial charge is 0.259 e. The Labute approximate surface area is 157 Å². The first-order chi connectivity index (χ1) is 12.9. The SMILES string of the molecule is CS(=O)(=O)Nc1ccc(NC(=O)c2ccccc2Oc2ccccc2)cc1. The predicted octanol–water partition coefficient (Wildman–Crippen LogP) is 4.10. The van der Waals surface area contributed by atoms with Crippen LogP contribution in [0.25, 0.3) is 0 Å². The summed E-state index contributed by atoms with van der Waals surface area (Å²) in [6.07, 6.45) is 1.08. The molecule has 1 amide bonds. The van der Waals surface area contributed by atoms with Crippen molar-refractivity contribution < 1.29 is 17.9 Å². The molecular weight excluding hydrogens is 364 g/mol. The average Bonchev–Trinajstić information content (AvgIpc) is 2.63. The molecule has 3 aromatic rings. The first kappa shape index (κ1) is 18.5. The van der Waals surface area contributed by atoms with Gasteiger partial charge in [0.25, 0.3) is 5.91 Å². The molecule has 0 spiro atoms. The molecule has 0 unspecified atom stereocenters. The second-order valence-corrected chi connectivity index (χ2v) is 7.57. The Morgan fingerprint density at radius 2 is 1.41 bits per heavy atom. The second kappa shape index (κ2) is 7.92. The maximum Gasteiger partial charge on any atom is 0.259 e. The van der Waals surface area contributed by atoms with Gasteiger partial charge in [0.15, 0.2) is 0 Å². The lowest BCUT2D eigenvalue weighted by Crippen LogP contribution is -2.13. The lowest BCUT2D eigenvalue weighted by molar-refractivity contribution is 0.102. The van der Waals surface area contributed by atoms with Crippen LogP contribution in [-0.2, 0) is 10.0 Å². The van der Waals surface area contributed by atoms with Gasteiger partial charge in [-0.2, -0.15) is 0 Å². The van der Waals surface area contributed by atoms with Crippen LogP contribution in [0.3, 0.4) is 0 Å². The number of benzene rings is 3. The highest BCUT2D eigenvalue weighted by Gasteiger charge is 2.13. The minimum atomic E-state index is -3.35. The zero-order valence-electron chi connectivity index (χ0n) is 14.5. The number of sulfonamides is 1. The quantitative estimate of drug-likeness (QED) is 0.672. The number of hydrogen-bond donors (Lipinski definition) is 2. The second-order valence-electron chi connectivity index (χ2n) is 5.82. The van der Waals surface area contributed by atoms with E-state index >= 15 is 0 Å². The molecule has 0 bridgehead atoms. The summed E-state index contributed by atoms with van der Waals surface area (Å²) in [6.45, 7) is 0. The van der Waals surface area contributed by atoms with Gasteiger partial charge in [-0.15, -0.1) is 0 Å². The Morgan fingerprint density at radius 3 is 2.07 bits per heavy atom. The molecular formula is C20H18N2O4S. The zero-order chi connectivity index (χ0) is 19.3. The van der Waals surface area contributed by atoms with Crippen molar-refractivity contribution in [1.29, 1.82) is 0 Å². The fraction of sp³-hybridized carbons (Fsp3) is 0.0500. The summed E-state index contributed by atoms with van der Waals surface area (Å²) >= 11 is 0. The monoisotopic (exact) mass is 382 g/mol. The number of amides is 1. The van der Waals surface area contributed by atoms with Crippen molar-refractivity contribution in [2.45, 2.75) is 0 Å². The van der Waals surface area contributed by atoms with Crippen molar-refractivity contribution in [1.82, 2.24) is 0 Å². The van der Waals surface area contributed by atoms with Crippen LogP contribution in [0.1, 0.15) is 10.4 Å². The van der Waals surface area contributed by atoms with E-state index in [1.54, 1.807) is 48.5 Å². The fourth-order valence-electron chi connectivity index (χ4n) is 2.39. The van der Waals surface area contributed by atoms with Crippen LogP contribution in [0.4, 0.5) is 11.4 Å². The minimum Gasteiger partial charge on any atom is -0.457 e. The number of ether oxygens (including phenoxy) is 1. The minimum absolute atomic E-state index is 0.328. The van der Waals surface area contributed by atoms with Crippen LogP contribution in [-0.4, -0.2) is 20.6 Å². The lowest BCUT2D eigenvalue weighted by Gasteiger charge is -2.12. The highest BCUT2D eigenvalue weighted by Crippen LogP contribution is 2.26. The maximum atomic E-state index is 12.6. The standard InChI is InChI=1S/C20H18N2O4S/c1-27(24,25)22-16-13-11-15(12-14-16)21-20(23)18-9-5-6-10-19(18)26-17-7-3-2-4-8-17/h2-14,22H,1H3,(H,21,23). The Balaban J connectivity index is 1.75. The first-order valence-corrected chi connectivity index (χ1v) is 10.0. The van der Waals surface area contributed by atoms with Crippen LogP contribution in [0, 0.1) is 0 Å². The molecule has 27 heavy (non-hydrogen) atoms. The van der Waals surface area contributed by atoms with Crippen LogP contribution < -0.4 is 14.8 Å². The molecule has 0 radical (unpaired) electrons. The number of rotatable bonds is 6. The summed E-state index contributed by atoms with van der Waals surface area (Å²) in [5.41, 5.74) is 1.34. The summed E-state index contributed by atoms with van der Waals surface area (Å²) in [5, 5.41) is 2.78. The van der Waals surface area contributed by atoms with Gasteiger partial charge in [0, 0.05) is 11.4 Å². The molecule has 7 heteroatoms. The number of hydrogen-bond acceptors (Lipinski definition) is 4. The number of para-hydroxylation sites is 2. The summed E-state index contributed by atoms with van der Waals surface area (Å²) in [5.74, 6) is 0.746. The van der Waals surface area contributed by atoms with Crippen molar-refractivity contribution >= 4 is 27.3 Å². The molecule has 0 atom stereocenters. The summed E-state index contributed by atoms with van der Waals surface area (Å²) in [7, 11) is -3.35. The number of nitrogens with one attached hydrogen (secondary N) is 2. The fourth-order valence-corrected chi connectivity index (χ4v) is 2.96. The molecule has 0 heterocycles. The number of carbonyl (C=O) groups excluding carboxylic acids is 1. The van der Waals surface area contributed by atoms with E-state index in [-0.39, 0.29) is 5.91 Å². The molecule has 6 nitrogen and oxygen atoms in total. The number of anilines is 2. The van der Waals surface area contributed by atoms with E-state index in [1.165, 1.54) is 0 Å². The molecule has 0 aliphatic carbocycles. The van der Waals surface area contributed by atoms with Crippen molar-refractivity contribution in [2.75, 3.05) is 16.3 Å².